The van der Waals surface area contributed by atoms with Gasteiger partial charge in [0.05, 0.1) is 6.61 Å². The first-order valence-electron chi connectivity index (χ1n) is 4.37. The summed E-state index contributed by atoms with van der Waals surface area (Å²) in [4.78, 5) is 0. The number of hydrogen-bond acceptors (Lipinski definition) is 3. The van der Waals surface area contributed by atoms with Crippen molar-refractivity contribution in [2.75, 3.05) is 13.2 Å². The molecule has 3 heteroatoms. The zero-order valence-corrected chi connectivity index (χ0v) is 7.70. The number of hydrogen-bond donors (Lipinski definition) is 3. The van der Waals surface area contributed by atoms with Gasteiger partial charge in [0.2, 0.25) is 0 Å². The van der Waals surface area contributed by atoms with E-state index >= 15 is 0 Å². The first-order chi connectivity index (χ1) is 6.24. The zero-order chi connectivity index (χ0) is 9.68. The highest BCUT2D eigenvalue weighted by Crippen LogP contribution is 2.15. The van der Waals surface area contributed by atoms with Gasteiger partial charge in [-0.25, -0.2) is 0 Å². The van der Waals surface area contributed by atoms with Crippen LogP contribution in [0.2, 0.25) is 0 Å². The Bertz CT molecular complexity index is 246. The largest absolute Gasteiger partial charge is 0.508 e. The number of phenols is 1. The average Bonchev–Trinajstić information content (AvgIpc) is 2.15. The molecule has 0 aliphatic heterocycles. The van der Waals surface area contributed by atoms with Crippen molar-refractivity contribution in [3.63, 3.8) is 0 Å². The lowest BCUT2D eigenvalue weighted by molar-refractivity contribution is 0.286. The molecule has 0 amide bonds. The molecule has 1 rings (SSSR count). The van der Waals surface area contributed by atoms with Gasteiger partial charge >= 0.3 is 0 Å². The van der Waals surface area contributed by atoms with Crippen molar-refractivity contribution < 1.29 is 10.2 Å². The maximum Gasteiger partial charge on any atom is 0.115 e. The first-order valence-corrected chi connectivity index (χ1v) is 4.37. The highest BCUT2D eigenvalue weighted by atomic mass is 16.3. The predicted octanol–water partition coefficient (Wildman–Crippen LogP) is 1.04. The van der Waals surface area contributed by atoms with Crippen LogP contribution in [0.3, 0.4) is 0 Å². The van der Waals surface area contributed by atoms with E-state index in [0.29, 0.717) is 6.54 Å². The van der Waals surface area contributed by atoms with Gasteiger partial charge in [0.15, 0.2) is 0 Å². The second-order valence-corrected chi connectivity index (χ2v) is 2.99. The van der Waals surface area contributed by atoms with E-state index in [-0.39, 0.29) is 18.4 Å². The molecule has 0 saturated carbocycles. The topological polar surface area (TPSA) is 52.5 Å². The molecule has 0 heterocycles. The summed E-state index contributed by atoms with van der Waals surface area (Å²) in [5.74, 6) is 0.276. The molecule has 0 aliphatic carbocycles. The van der Waals surface area contributed by atoms with Crippen molar-refractivity contribution in [3.8, 4) is 5.75 Å². The van der Waals surface area contributed by atoms with E-state index in [1.165, 1.54) is 0 Å². The van der Waals surface area contributed by atoms with Gasteiger partial charge in [-0.15, -0.1) is 0 Å². The van der Waals surface area contributed by atoms with E-state index in [2.05, 4.69) is 5.32 Å². The summed E-state index contributed by atoms with van der Waals surface area (Å²) < 4.78 is 0. The maximum absolute atomic E-state index is 9.05. The van der Waals surface area contributed by atoms with Gasteiger partial charge < -0.3 is 15.5 Å². The minimum atomic E-state index is 0.141. The van der Waals surface area contributed by atoms with Crippen molar-refractivity contribution in [2.45, 2.75) is 13.0 Å². The number of aliphatic hydroxyl groups is 1. The van der Waals surface area contributed by atoms with Crippen LogP contribution in [0.1, 0.15) is 18.5 Å². The van der Waals surface area contributed by atoms with E-state index < -0.39 is 0 Å². The molecule has 0 fully saturated rings. The van der Waals surface area contributed by atoms with E-state index in [1.807, 2.05) is 19.1 Å². The van der Waals surface area contributed by atoms with Gasteiger partial charge in [0.25, 0.3) is 0 Å². The summed E-state index contributed by atoms with van der Waals surface area (Å²) in [6.45, 7) is 2.74. The van der Waals surface area contributed by atoms with Crippen molar-refractivity contribution in [3.05, 3.63) is 29.8 Å². The van der Waals surface area contributed by atoms with Gasteiger partial charge in [0, 0.05) is 12.6 Å². The summed E-state index contributed by atoms with van der Waals surface area (Å²) >= 11 is 0. The van der Waals surface area contributed by atoms with Crippen LogP contribution >= 0.6 is 0 Å². The van der Waals surface area contributed by atoms with Crippen LogP contribution in [0.15, 0.2) is 24.3 Å². The third kappa shape index (κ3) is 3.05. The van der Waals surface area contributed by atoms with Crippen LogP contribution in [0.25, 0.3) is 0 Å². The lowest BCUT2D eigenvalue weighted by Crippen LogP contribution is -2.21. The highest BCUT2D eigenvalue weighted by molar-refractivity contribution is 5.27. The number of nitrogens with one attached hydrogen (secondary N) is 1. The maximum atomic E-state index is 9.05. The number of benzene rings is 1. The van der Waals surface area contributed by atoms with Crippen molar-refractivity contribution in [1.29, 1.82) is 0 Å². The Hall–Kier alpha value is -1.06. The normalized spacial score (nSPS) is 12.8. The van der Waals surface area contributed by atoms with Crippen molar-refractivity contribution in [1.82, 2.24) is 5.32 Å². The predicted molar refractivity (Wildman–Crippen MR) is 51.6 cm³/mol. The molecule has 1 unspecified atom stereocenters. The Balaban J connectivity index is 2.55. The fourth-order valence-electron chi connectivity index (χ4n) is 1.16. The first kappa shape index (κ1) is 10.0. The van der Waals surface area contributed by atoms with E-state index in [4.69, 9.17) is 10.2 Å². The Morgan fingerprint density at radius 1 is 1.31 bits per heavy atom. The van der Waals surface area contributed by atoms with E-state index in [1.54, 1.807) is 12.1 Å². The SMILES string of the molecule is CC(NCCO)c1ccc(O)cc1. The summed E-state index contributed by atoms with van der Waals surface area (Å²) in [6.07, 6.45) is 0. The molecular formula is C10H15NO2. The molecule has 1 aromatic carbocycles. The Morgan fingerprint density at radius 2 is 1.92 bits per heavy atom. The third-order valence-corrected chi connectivity index (χ3v) is 1.96. The smallest absolute Gasteiger partial charge is 0.115 e. The molecule has 72 valence electrons. The van der Waals surface area contributed by atoms with Gasteiger partial charge in [-0.1, -0.05) is 12.1 Å². The monoisotopic (exact) mass is 181 g/mol. The number of aromatic hydroxyl groups is 1. The third-order valence-electron chi connectivity index (χ3n) is 1.96. The van der Waals surface area contributed by atoms with Gasteiger partial charge in [0.1, 0.15) is 5.75 Å². The standard InChI is InChI=1S/C10H15NO2/c1-8(11-6-7-12)9-2-4-10(13)5-3-9/h2-5,8,11-13H,6-7H2,1H3. The number of rotatable bonds is 4. The molecule has 0 radical (unpaired) electrons. The average molecular weight is 181 g/mol. The molecule has 1 atom stereocenters. The second-order valence-electron chi connectivity index (χ2n) is 2.99. The summed E-state index contributed by atoms with van der Waals surface area (Å²) in [7, 11) is 0. The molecule has 1 aromatic rings. The lowest BCUT2D eigenvalue weighted by atomic mass is 10.1. The molecule has 0 bridgehead atoms. The molecule has 0 saturated heterocycles. The molecule has 0 aliphatic rings. The Kier molecular flexibility index (Phi) is 3.73. The minimum absolute atomic E-state index is 0.141. The van der Waals surface area contributed by atoms with Crippen LogP contribution in [-0.2, 0) is 0 Å². The summed E-state index contributed by atoms with van der Waals surface area (Å²) in [5, 5.41) is 20.8. The minimum Gasteiger partial charge on any atom is -0.508 e. The van der Waals surface area contributed by atoms with Crippen molar-refractivity contribution in [2.24, 2.45) is 0 Å². The van der Waals surface area contributed by atoms with Crippen LogP contribution in [-0.4, -0.2) is 23.4 Å². The fourth-order valence-corrected chi connectivity index (χ4v) is 1.16. The van der Waals surface area contributed by atoms with Gasteiger partial charge in [-0.2, -0.15) is 0 Å². The van der Waals surface area contributed by atoms with Crippen molar-refractivity contribution >= 4 is 0 Å². The Labute approximate surface area is 78.0 Å². The second kappa shape index (κ2) is 4.84. The number of aliphatic hydroxyl groups excluding tert-OH is 1. The molecule has 0 aromatic heterocycles. The van der Waals surface area contributed by atoms with Gasteiger partial charge in [-0.3, -0.25) is 0 Å². The highest BCUT2D eigenvalue weighted by Gasteiger charge is 2.02. The summed E-state index contributed by atoms with van der Waals surface area (Å²) in [6, 6.07) is 7.25. The van der Waals surface area contributed by atoms with Crippen LogP contribution in [0, 0.1) is 0 Å². The van der Waals surface area contributed by atoms with Gasteiger partial charge in [-0.05, 0) is 24.6 Å². The summed E-state index contributed by atoms with van der Waals surface area (Å²) in [5.41, 5.74) is 1.10. The molecule has 0 spiro atoms. The zero-order valence-electron chi connectivity index (χ0n) is 7.70. The van der Waals surface area contributed by atoms with E-state index in [0.717, 1.165) is 5.56 Å². The Morgan fingerprint density at radius 3 is 2.46 bits per heavy atom. The molecular weight excluding hydrogens is 166 g/mol. The lowest BCUT2D eigenvalue weighted by Gasteiger charge is -2.12. The quantitative estimate of drug-likeness (QED) is 0.650. The molecule has 3 nitrogen and oxygen atoms in total. The number of phenolic OH excluding ortho intramolecular Hbond substituents is 1. The van der Waals surface area contributed by atoms with Crippen LogP contribution in [0.5, 0.6) is 5.75 Å². The fraction of sp³-hybridized carbons (Fsp3) is 0.400. The van der Waals surface area contributed by atoms with Crippen LogP contribution in [0.4, 0.5) is 0 Å². The van der Waals surface area contributed by atoms with Crippen LogP contribution < -0.4 is 5.32 Å². The molecule has 3 N–H and O–H groups in total. The van der Waals surface area contributed by atoms with E-state index in [9.17, 15) is 0 Å². The molecule has 13 heavy (non-hydrogen) atoms.